The van der Waals surface area contributed by atoms with E-state index in [-0.39, 0.29) is 5.91 Å². The van der Waals surface area contributed by atoms with Crippen LogP contribution in [0.15, 0.2) is 53.0 Å². The topological polar surface area (TPSA) is 64.3 Å². The smallest absolute Gasteiger partial charge is 0.251 e. The molecule has 0 saturated carbocycles. The molecule has 0 atom stereocenters. The molecular formula is C18H21BrN2O2. The molecule has 23 heavy (non-hydrogen) atoms. The summed E-state index contributed by atoms with van der Waals surface area (Å²) in [5, 5.41) is 2.91. The largest absolute Gasteiger partial charge is 0.489 e. The van der Waals surface area contributed by atoms with Gasteiger partial charge in [-0.2, -0.15) is 0 Å². The first kappa shape index (κ1) is 17.5. The Kier molecular flexibility index (Phi) is 5.80. The summed E-state index contributed by atoms with van der Waals surface area (Å²) in [6, 6.07) is 15.0. The average Bonchev–Trinajstić information content (AvgIpc) is 2.54. The third kappa shape index (κ3) is 5.08. The molecule has 0 aliphatic carbocycles. The first-order chi connectivity index (χ1) is 10.9. The van der Waals surface area contributed by atoms with Crippen LogP contribution in [0.4, 0.5) is 0 Å². The second-order valence-corrected chi connectivity index (χ2v) is 6.80. The molecule has 0 heterocycles. The number of carbonyl (C=O) groups is 1. The number of hydrogen-bond donors (Lipinski definition) is 2. The predicted molar refractivity (Wildman–Crippen MR) is 95.5 cm³/mol. The first-order valence-corrected chi connectivity index (χ1v) is 8.19. The van der Waals surface area contributed by atoms with Crippen molar-refractivity contribution < 1.29 is 9.53 Å². The number of rotatable bonds is 6. The minimum absolute atomic E-state index is 0.160. The average molecular weight is 377 g/mol. The number of nitrogens with one attached hydrogen (secondary N) is 1. The summed E-state index contributed by atoms with van der Waals surface area (Å²) < 4.78 is 6.78. The lowest BCUT2D eigenvalue weighted by atomic mass is 10.1. The maximum atomic E-state index is 12.3. The molecular weight excluding hydrogens is 356 g/mol. The number of amides is 1. The molecule has 1 amide bonds. The fourth-order valence-corrected chi connectivity index (χ4v) is 2.33. The molecule has 4 nitrogen and oxygen atoms in total. The molecule has 0 fully saturated rings. The Labute approximate surface area is 145 Å². The summed E-state index contributed by atoms with van der Waals surface area (Å²) in [6.07, 6.45) is 0. The van der Waals surface area contributed by atoms with Crippen molar-refractivity contribution in [2.45, 2.75) is 26.0 Å². The van der Waals surface area contributed by atoms with Crippen LogP contribution in [0.25, 0.3) is 0 Å². The van der Waals surface area contributed by atoms with Crippen molar-refractivity contribution in [2.75, 3.05) is 6.54 Å². The van der Waals surface area contributed by atoms with Crippen molar-refractivity contribution in [3.05, 3.63) is 64.1 Å². The van der Waals surface area contributed by atoms with Crippen LogP contribution in [0, 0.1) is 0 Å². The van der Waals surface area contributed by atoms with Crippen LogP contribution in [0.1, 0.15) is 29.8 Å². The van der Waals surface area contributed by atoms with Gasteiger partial charge in [-0.3, -0.25) is 4.79 Å². The zero-order valence-electron chi connectivity index (χ0n) is 13.3. The summed E-state index contributed by atoms with van der Waals surface area (Å²) in [4.78, 5) is 12.3. The van der Waals surface area contributed by atoms with Gasteiger partial charge in [-0.15, -0.1) is 0 Å². The Morgan fingerprint density at radius 2 is 1.96 bits per heavy atom. The molecule has 0 saturated heterocycles. The maximum Gasteiger partial charge on any atom is 0.251 e. The number of nitrogens with two attached hydrogens (primary N) is 1. The van der Waals surface area contributed by atoms with E-state index < -0.39 is 5.54 Å². The van der Waals surface area contributed by atoms with Crippen LogP contribution in [0.2, 0.25) is 0 Å². The Bertz CT molecular complexity index is 686. The van der Waals surface area contributed by atoms with Gasteiger partial charge < -0.3 is 15.8 Å². The second kappa shape index (κ2) is 7.62. The summed E-state index contributed by atoms with van der Waals surface area (Å²) >= 11 is 3.49. The second-order valence-electron chi connectivity index (χ2n) is 5.95. The van der Waals surface area contributed by atoms with Crippen molar-refractivity contribution in [1.82, 2.24) is 5.32 Å². The number of halogens is 1. The minimum atomic E-state index is -0.442. The highest BCUT2D eigenvalue weighted by Crippen LogP contribution is 2.20. The lowest BCUT2D eigenvalue weighted by Crippen LogP contribution is -2.48. The number of benzene rings is 2. The highest BCUT2D eigenvalue weighted by molar-refractivity contribution is 9.10. The van der Waals surface area contributed by atoms with Crippen LogP contribution >= 0.6 is 15.9 Å². The van der Waals surface area contributed by atoms with Crippen molar-refractivity contribution in [3.63, 3.8) is 0 Å². The molecule has 0 radical (unpaired) electrons. The Morgan fingerprint density at radius 1 is 1.22 bits per heavy atom. The van der Waals surface area contributed by atoms with E-state index >= 15 is 0 Å². The zero-order chi connectivity index (χ0) is 16.9. The Hall–Kier alpha value is -1.85. The van der Waals surface area contributed by atoms with E-state index in [0.29, 0.717) is 24.5 Å². The quantitative estimate of drug-likeness (QED) is 0.810. The highest BCUT2D eigenvalue weighted by atomic mass is 79.9. The zero-order valence-corrected chi connectivity index (χ0v) is 14.9. The standard InChI is InChI=1S/C18H21BrN2O2/c1-18(2,12-20)21-17(22)13-7-5-8-15(10-13)23-11-14-6-3-4-9-16(14)19/h3-10H,11-12,20H2,1-2H3,(H,21,22). The summed E-state index contributed by atoms with van der Waals surface area (Å²) in [6.45, 7) is 4.58. The highest BCUT2D eigenvalue weighted by Gasteiger charge is 2.19. The van der Waals surface area contributed by atoms with Crippen LogP contribution < -0.4 is 15.8 Å². The third-order valence-electron chi connectivity index (χ3n) is 3.41. The van der Waals surface area contributed by atoms with Gasteiger partial charge in [-0.05, 0) is 38.1 Å². The van der Waals surface area contributed by atoms with Gasteiger partial charge in [0.2, 0.25) is 0 Å². The monoisotopic (exact) mass is 376 g/mol. The van der Waals surface area contributed by atoms with Crippen molar-refractivity contribution in [3.8, 4) is 5.75 Å². The van der Waals surface area contributed by atoms with E-state index in [9.17, 15) is 4.79 Å². The molecule has 0 aliphatic rings. The van der Waals surface area contributed by atoms with E-state index in [0.717, 1.165) is 10.0 Å². The van der Waals surface area contributed by atoms with Gasteiger partial charge >= 0.3 is 0 Å². The molecule has 0 spiro atoms. The van der Waals surface area contributed by atoms with Gasteiger partial charge in [0.1, 0.15) is 12.4 Å². The summed E-state index contributed by atoms with van der Waals surface area (Å²) in [5.74, 6) is 0.491. The van der Waals surface area contributed by atoms with E-state index in [4.69, 9.17) is 10.5 Å². The third-order valence-corrected chi connectivity index (χ3v) is 4.18. The van der Waals surface area contributed by atoms with Crippen LogP contribution in [0.5, 0.6) is 5.75 Å². The molecule has 0 aromatic heterocycles. The molecule has 5 heteroatoms. The molecule has 3 N–H and O–H groups in total. The van der Waals surface area contributed by atoms with Gasteiger partial charge in [-0.1, -0.05) is 40.2 Å². The summed E-state index contributed by atoms with van der Waals surface area (Å²) in [5.41, 5.74) is 6.80. The lowest BCUT2D eigenvalue weighted by molar-refractivity contribution is 0.0915. The minimum Gasteiger partial charge on any atom is -0.489 e. The van der Waals surface area contributed by atoms with E-state index in [1.54, 1.807) is 18.2 Å². The van der Waals surface area contributed by atoms with Gasteiger partial charge in [0.05, 0.1) is 0 Å². The van der Waals surface area contributed by atoms with Gasteiger partial charge in [-0.25, -0.2) is 0 Å². The van der Waals surface area contributed by atoms with Crippen molar-refractivity contribution >= 4 is 21.8 Å². The lowest BCUT2D eigenvalue weighted by Gasteiger charge is -2.24. The Balaban J connectivity index is 2.05. The molecule has 0 aliphatic heterocycles. The van der Waals surface area contributed by atoms with Crippen LogP contribution in [0.3, 0.4) is 0 Å². The normalized spacial score (nSPS) is 11.1. The molecule has 2 aromatic rings. The van der Waals surface area contributed by atoms with E-state index in [1.165, 1.54) is 0 Å². The predicted octanol–water partition coefficient (Wildman–Crippen LogP) is 3.50. The maximum absolute atomic E-state index is 12.3. The first-order valence-electron chi connectivity index (χ1n) is 7.40. The van der Waals surface area contributed by atoms with E-state index in [1.807, 2.05) is 44.2 Å². The van der Waals surface area contributed by atoms with Gasteiger partial charge in [0, 0.05) is 27.7 Å². The van der Waals surface area contributed by atoms with Gasteiger partial charge in [0.25, 0.3) is 5.91 Å². The summed E-state index contributed by atoms with van der Waals surface area (Å²) in [7, 11) is 0. The number of ether oxygens (including phenoxy) is 1. The molecule has 0 unspecified atom stereocenters. The fourth-order valence-electron chi connectivity index (χ4n) is 1.93. The van der Waals surface area contributed by atoms with Crippen molar-refractivity contribution in [2.24, 2.45) is 5.73 Å². The van der Waals surface area contributed by atoms with Crippen LogP contribution in [-0.2, 0) is 6.61 Å². The molecule has 2 rings (SSSR count). The SMILES string of the molecule is CC(C)(CN)NC(=O)c1cccc(OCc2ccccc2Br)c1. The van der Waals surface area contributed by atoms with E-state index in [2.05, 4.69) is 21.2 Å². The number of hydrogen-bond acceptors (Lipinski definition) is 3. The molecule has 2 aromatic carbocycles. The van der Waals surface area contributed by atoms with Crippen molar-refractivity contribution in [1.29, 1.82) is 0 Å². The number of carbonyl (C=O) groups excluding carboxylic acids is 1. The van der Waals surface area contributed by atoms with Gasteiger partial charge in [0.15, 0.2) is 0 Å². The fraction of sp³-hybridized carbons (Fsp3) is 0.278. The Morgan fingerprint density at radius 3 is 2.65 bits per heavy atom. The van der Waals surface area contributed by atoms with Crippen LogP contribution in [-0.4, -0.2) is 18.0 Å². The molecule has 0 bridgehead atoms. The molecule has 122 valence electrons.